The van der Waals surface area contributed by atoms with Crippen molar-refractivity contribution >= 4 is 11.9 Å². The lowest BCUT2D eigenvalue weighted by Crippen LogP contribution is -2.43. The molecular formula is C7H14N2O5. The third kappa shape index (κ3) is 4.17. The highest BCUT2D eigenvalue weighted by Crippen LogP contribution is 2.03. The number of hydrogen-bond acceptors (Lipinski definition) is 5. The van der Waals surface area contributed by atoms with Gasteiger partial charge in [-0.15, -0.1) is 0 Å². The molecule has 7 N–H and O–H groups in total. The molecule has 14 heavy (non-hydrogen) atoms. The van der Waals surface area contributed by atoms with E-state index in [-0.39, 0.29) is 12.8 Å². The summed E-state index contributed by atoms with van der Waals surface area (Å²) in [6, 6.07) is -2.51. The van der Waals surface area contributed by atoms with Crippen molar-refractivity contribution in [2.45, 2.75) is 31.0 Å². The van der Waals surface area contributed by atoms with Gasteiger partial charge in [-0.3, -0.25) is 9.59 Å². The second-order valence-corrected chi connectivity index (χ2v) is 2.95. The van der Waals surface area contributed by atoms with Gasteiger partial charge in [-0.25, -0.2) is 0 Å². The van der Waals surface area contributed by atoms with Crippen molar-refractivity contribution in [2.75, 3.05) is 0 Å². The predicted molar refractivity (Wildman–Crippen MR) is 46.5 cm³/mol. The number of carbonyl (C=O) groups is 2. The minimum atomic E-state index is -1.41. The molecule has 0 saturated heterocycles. The molecule has 0 bridgehead atoms. The minimum absolute atomic E-state index is 0.0164. The quantitative estimate of drug-likeness (QED) is 0.336. The van der Waals surface area contributed by atoms with Gasteiger partial charge in [0.05, 0.1) is 6.10 Å². The van der Waals surface area contributed by atoms with Crippen molar-refractivity contribution in [3.05, 3.63) is 0 Å². The molecule has 0 radical (unpaired) electrons. The van der Waals surface area contributed by atoms with Gasteiger partial charge in [0, 0.05) is 0 Å². The Morgan fingerprint density at radius 1 is 1.07 bits per heavy atom. The Labute approximate surface area is 80.3 Å². The average Bonchev–Trinajstić information content (AvgIpc) is 2.11. The van der Waals surface area contributed by atoms with Crippen LogP contribution in [0.25, 0.3) is 0 Å². The molecule has 0 rings (SSSR count). The minimum Gasteiger partial charge on any atom is -0.480 e. The fourth-order valence-corrected chi connectivity index (χ4v) is 0.818. The highest BCUT2D eigenvalue weighted by atomic mass is 16.4. The lowest BCUT2D eigenvalue weighted by Gasteiger charge is -2.15. The van der Waals surface area contributed by atoms with E-state index >= 15 is 0 Å². The molecule has 0 fully saturated rings. The van der Waals surface area contributed by atoms with E-state index in [1.54, 1.807) is 0 Å². The van der Waals surface area contributed by atoms with E-state index in [0.29, 0.717) is 0 Å². The van der Waals surface area contributed by atoms with Gasteiger partial charge in [0.2, 0.25) is 0 Å². The van der Waals surface area contributed by atoms with Gasteiger partial charge in [0.25, 0.3) is 0 Å². The Bertz CT molecular complexity index is 220. The maximum Gasteiger partial charge on any atom is 0.323 e. The van der Waals surface area contributed by atoms with Crippen molar-refractivity contribution < 1.29 is 24.9 Å². The number of aliphatic carboxylic acids is 2. The van der Waals surface area contributed by atoms with Crippen LogP contribution in [0.4, 0.5) is 0 Å². The van der Waals surface area contributed by atoms with E-state index in [1.165, 1.54) is 0 Å². The molecule has 7 nitrogen and oxygen atoms in total. The predicted octanol–water partition coefficient (Wildman–Crippen LogP) is -2.05. The molecule has 3 atom stereocenters. The Kier molecular flexibility index (Phi) is 5.06. The Morgan fingerprint density at radius 2 is 1.57 bits per heavy atom. The molecule has 7 heteroatoms. The lowest BCUT2D eigenvalue weighted by atomic mass is 10.0. The molecule has 0 aliphatic carbocycles. The van der Waals surface area contributed by atoms with Gasteiger partial charge < -0.3 is 26.8 Å². The van der Waals surface area contributed by atoms with Crippen LogP contribution in [0.15, 0.2) is 0 Å². The second-order valence-electron chi connectivity index (χ2n) is 2.95. The number of aliphatic hydroxyl groups is 1. The van der Waals surface area contributed by atoms with Crippen LogP contribution in [0.5, 0.6) is 0 Å². The normalized spacial score (nSPS) is 17.1. The van der Waals surface area contributed by atoms with Crippen LogP contribution in [-0.4, -0.2) is 45.4 Å². The number of rotatable bonds is 6. The topological polar surface area (TPSA) is 147 Å². The van der Waals surface area contributed by atoms with E-state index in [2.05, 4.69) is 0 Å². The van der Waals surface area contributed by atoms with Crippen LogP contribution in [0.2, 0.25) is 0 Å². The van der Waals surface area contributed by atoms with Gasteiger partial charge in [-0.05, 0) is 12.8 Å². The molecule has 0 unspecified atom stereocenters. The number of carboxylic acids is 2. The summed E-state index contributed by atoms with van der Waals surface area (Å²) in [5.74, 6) is -2.53. The molecule has 0 aliphatic rings. The SMILES string of the molecule is N[C@@H](CC[C@@H](O)[C@@H](N)C(=O)O)C(=O)O. The zero-order valence-electron chi connectivity index (χ0n) is 7.46. The Hall–Kier alpha value is -1.18. The molecule has 0 amide bonds. The van der Waals surface area contributed by atoms with E-state index in [1.807, 2.05) is 0 Å². The largest absolute Gasteiger partial charge is 0.480 e. The van der Waals surface area contributed by atoms with Crippen LogP contribution in [0, 0.1) is 0 Å². The first-order valence-electron chi connectivity index (χ1n) is 4.01. The summed E-state index contributed by atoms with van der Waals surface area (Å²) in [5, 5.41) is 25.9. The van der Waals surface area contributed by atoms with Crippen molar-refractivity contribution in [2.24, 2.45) is 11.5 Å². The third-order valence-electron chi connectivity index (χ3n) is 1.79. The number of hydrogen-bond donors (Lipinski definition) is 5. The highest BCUT2D eigenvalue weighted by molar-refractivity contribution is 5.74. The van der Waals surface area contributed by atoms with Crippen LogP contribution < -0.4 is 11.5 Å². The summed E-state index contributed by atoms with van der Waals surface area (Å²) in [6.45, 7) is 0. The van der Waals surface area contributed by atoms with Crippen molar-refractivity contribution in [1.29, 1.82) is 0 Å². The maximum absolute atomic E-state index is 10.3. The zero-order chi connectivity index (χ0) is 11.3. The average molecular weight is 206 g/mol. The zero-order valence-corrected chi connectivity index (χ0v) is 7.46. The third-order valence-corrected chi connectivity index (χ3v) is 1.79. The smallest absolute Gasteiger partial charge is 0.323 e. The first-order chi connectivity index (χ1) is 6.36. The molecule has 0 aliphatic heterocycles. The monoisotopic (exact) mass is 206 g/mol. The molecule has 0 aromatic carbocycles. The summed E-state index contributed by atoms with van der Waals surface area (Å²) < 4.78 is 0. The molecular weight excluding hydrogens is 192 g/mol. The summed E-state index contributed by atoms with van der Waals surface area (Å²) >= 11 is 0. The molecule has 82 valence electrons. The standard InChI is InChI=1S/C7H14N2O5/c8-3(6(11)12)1-2-4(10)5(9)7(13)14/h3-5,10H,1-2,8-9H2,(H,11,12)(H,13,14)/t3-,4+,5+/m0/s1. The molecule has 0 aromatic heterocycles. The van der Waals surface area contributed by atoms with E-state index in [9.17, 15) is 9.59 Å². The molecule has 0 saturated carbocycles. The number of carboxylic acid groups (broad SMARTS) is 2. The first kappa shape index (κ1) is 12.8. The maximum atomic E-state index is 10.3. The summed E-state index contributed by atoms with van der Waals surface area (Å²) in [4.78, 5) is 20.5. The van der Waals surface area contributed by atoms with E-state index < -0.39 is 30.1 Å². The van der Waals surface area contributed by atoms with Crippen LogP contribution in [0.3, 0.4) is 0 Å². The van der Waals surface area contributed by atoms with Gasteiger partial charge >= 0.3 is 11.9 Å². The highest BCUT2D eigenvalue weighted by Gasteiger charge is 2.23. The second kappa shape index (κ2) is 5.53. The van der Waals surface area contributed by atoms with Crippen LogP contribution in [0.1, 0.15) is 12.8 Å². The summed E-state index contributed by atoms with van der Waals surface area (Å²) in [6.07, 6.45) is -1.35. The first-order valence-corrected chi connectivity index (χ1v) is 4.01. The fourth-order valence-electron chi connectivity index (χ4n) is 0.818. The molecule has 0 heterocycles. The van der Waals surface area contributed by atoms with Crippen molar-refractivity contribution in [3.8, 4) is 0 Å². The summed E-state index contributed by atoms with van der Waals surface area (Å²) in [5.41, 5.74) is 10.2. The van der Waals surface area contributed by atoms with Crippen molar-refractivity contribution in [3.63, 3.8) is 0 Å². The lowest BCUT2D eigenvalue weighted by molar-refractivity contribution is -0.141. The van der Waals surface area contributed by atoms with E-state index in [0.717, 1.165) is 0 Å². The Morgan fingerprint density at radius 3 is 1.93 bits per heavy atom. The molecule has 0 aromatic rings. The van der Waals surface area contributed by atoms with Gasteiger partial charge in [-0.1, -0.05) is 0 Å². The van der Waals surface area contributed by atoms with E-state index in [4.69, 9.17) is 26.8 Å². The van der Waals surface area contributed by atoms with Gasteiger partial charge in [0.1, 0.15) is 12.1 Å². The van der Waals surface area contributed by atoms with Gasteiger partial charge in [-0.2, -0.15) is 0 Å². The van der Waals surface area contributed by atoms with Crippen LogP contribution >= 0.6 is 0 Å². The molecule has 0 spiro atoms. The van der Waals surface area contributed by atoms with Gasteiger partial charge in [0.15, 0.2) is 0 Å². The number of aliphatic hydroxyl groups excluding tert-OH is 1. The number of nitrogens with two attached hydrogens (primary N) is 2. The van der Waals surface area contributed by atoms with Crippen molar-refractivity contribution in [1.82, 2.24) is 0 Å². The fraction of sp³-hybridized carbons (Fsp3) is 0.714. The summed E-state index contributed by atoms with van der Waals surface area (Å²) in [7, 11) is 0. The van der Waals surface area contributed by atoms with Crippen LogP contribution in [-0.2, 0) is 9.59 Å². The Balaban J connectivity index is 3.90.